The highest BCUT2D eigenvalue weighted by Crippen LogP contribution is 2.21. The number of benzene rings is 2. The van der Waals surface area contributed by atoms with Crippen molar-refractivity contribution in [3.8, 4) is 0 Å². The third-order valence-corrected chi connectivity index (χ3v) is 4.38. The molecule has 0 amide bonds. The lowest BCUT2D eigenvalue weighted by Gasteiger charge is -2.36. The molecule has 2 aromatic rings. The predicted octanol–water partition coefficient (Wildman–Crippen LogP) is 3.50. The van der Waals surface area contributed by atoms with E-state index >= 15 is 0 Å². The van der Waals surface area contributed by atoms with Crippen LogP contribution >= 0.6 is 0 Å². The Morgan fingerprint density at radius 1 is 0.955 bits per heavy atom. The van der Waals surface area contributed by atoms with E-state index in [-0.39, 0.29) is 5.82 Å². The maximum absolute atomic E-state index is 14.0. The number of anilines is 1. The minimum absolute atomic E-state index is 0.0993. The Kier molecular flexibility index (Phi) is 4.74. The van der Waals surface area contributed by atoms with Gasteiger partial charge in [-0.3, -0.25) is 4.90 Å². The van der Waals surface area contributed by atoms with Gasteiger partial charge in [-0.1, -0.05) is 36.4 Å². The fourth-order valence-corrected chi connectivity index (χ4v) is 3.01. The summed E-state index contributed by atoms with van der Waals surface area (Å²) >= 11 is 0. The van der Waals surface area contributed by atoms with Gasteiger partial charge in [-0.15, -0.1) is 0 Å². The maximum atomic E-state index is 14.0. The first-order chi connectivity index (χ1) is 10.7. The van der Waals surface area contributed by atoms with E-state index in [0.29, 0.717) is 0 Å². The number of hydrogen-bond donors (Lipinski definition) is 0. The molecule has 3 heteroatoms. The Bertz CT molecular complexity index is 604. The molecule has 3 rings (SSSR count). The minimum atomic E-state index is -0.0993. The number of halogens is 1. The standard InChI is InChI=1S/C19H23FN2/c1-16-7-8-19(18(20)15-16)22-13-11-21(12-14-22)10-9-17-5-3-2-4-6-17/h2-8,15H,9-14H2,1H3. The maximum Gasteiger partial charge on any atom is 0.146 e. The summed E-state index contributed by atoms with van der Waals surface area (Å²) < 4.78 is 14.0. The summed E-state index contributed by atoms with van der Waals surface area (Å²) in [5.74, 6) is -0.0993. The van der Waals surface area contributed by atoms with Crippen molar-refractivity contribution in [3.63, 3.8) is 0 Å². The summed E-state index contributed by atoms with van der Waals surface area (Å²) in [5.41, 5.74) is 3.10. The van der Waals surface area contributed by atoms with E-state index in [4.69, 9.17) is 0 Å². The number of piperazine rings is 1. The summed E-state index contributed by atoms with van der Waals surface area (Å²) in [6.45, 7) is 6.80. The molecular weight excluding hydrogens is 275 g/mol. The Labute approximate surface area is 132 Å². The summed E-state index contributed by atoms with van der Waals surface area (Å²) in [7, 11) is 0. The molecule has 0 atom stereocenters. The fraction of sp³-hybridized carbons (Fsp3) is 0.368. The van der Waals surface area contributed by atoms with Gasteiger partial charge in [0.1, 0.15) is 5.82 Å². The molecule has 0 N–H and O–H groups in total. The van der Waals surface area contributed by atoms with Crippen LogP contribution in [0.1, 0.15) is 11.1 Å². The van der Waals surface area contributed by atoms with Crippen molar-refractivity contribution in [2.24, 2.45) is 0 Å². The molecule has 1 aliphatic heterocycles. The van der Waals surface area contributed by atoms with Gasteiger partial charge in [-0.25, -0.2) is 4.39 Å². The first-order valence-electron chi connectivity index (χ1n) is 8.00. The Morgan fingerprint density at radius 3 is 2.36 bits per heavy atom. The Morgan fingerprint density at radius 2 is 1.68 bits per heavy atom. The first kappa shape index (κ1) is 15.0. The van der Waals surface area contributed by atoms with Crippen molar-refractivity contribution in [2.75, 3.05) is 37.6 Å². The van der Waals surface area contributed by atoms with Crippen LogP contribution in [0.4, 0.5) is 10.1 Å². The van der Waals surface area contributed by atoms with Gasteiger partial charge in [0.25, 0.3) is 0 Å². The molecule has 0 unspecified atom stereocenters. The molecule has 116 valence electrons. The van der Waals surface area contributed by atoms with Gasteiger partial charge in [-0.05, 0) is 36.6 Å². The van der Waals surface area contributed by atoms with Crippen LogP contribution in [0.25, 0.3) is 0 Å². The van der Waals surface area contributed by atoms with Crippen molar-refractivity contribution in [2.45, 2.75) is 13.3 Å². The lowest BCUT2D eigenvalue weighted by molar-refractivity contribution is 0.260. The van der Waals surface area contributed by atoms with Crippen molar-refractivity contribution in [3.05, 3.63) is 65.5 Å². The van der Waals surface area contributed by atoms with Gasteiger partial charge < -0.3 is 4.90 Å². The first-order valence-corrected chi connectivity index (χ1v) is 8.00. The molecule has 1 heterocycles. The smallest absolute Gasteiger partial charge is 0.146 e. The summed E-state index contributed by atoms with van der Waals surface area (Å²) in [6.07, 6.45) is 1.08. The fourth-order valence-electron chi connectivity index (χ4n) is 3.01. The Hall–Kier alpha value is -1.87. The zero-order valence-electron chi connectivity index (χ0n) is 13.1. The van der Waals surface area contributed by atoms with Gasteiger partial charge in [0.2, 0.25) is 0 Å². The summed E-state index contributed by atoms with van der Waals surface area (Å²) in [6, 6.07) is 16.1. The number of hydrogen-bond acceptors (Lipinski definition) is 2. The molecule has 0 aliphatic carbocycles. The molecule has 1 fully saturated rings. The second kappa shape index (κ2) is 6.93. The third-order valence-electron chi connectivity index (χ3n) is 4.38. The molecule has 1 saturated heterocycles. The van der Waals surface area contributed by atoms with Gasteiger partial charge in [0, 0.05) is 32.7 Å². The average Bonchev–Trinajstić information content (AvgIpc) is 2.55. The van der Waals surface area contributed by atoms with Crippen LogP contribution in [0.5, 0.6) is 0 Å². The van der Waals surface area contributed by atoms with Crippen molar-refractivity contribution >= 4 is 5.69 Å². The SMILES string of the molecule is Cc1ccc(N2CCN(CCc3ccccc3)CC2)c(F)c1. The van der Waals surface area contributed by atoms with Gasteiger partial charge in [-0.2, -0.15) is 0 Å². The van der Waals surface area contributed by atoms with E-state index in [1.807, 2.05) is 19.1 Å². The summed E-state index contributed by atoms with van der Waals surface area (Å²) in [4.78, 5) is 4.63. The van der Waals surface area contributed by atoms with Crippen LogP contribution in [0.2, 0.25) is 0 Å². The van der Waals surface area contributed by atoms with Gasteiger partial charge in [0.15, 0.2) is 0 Å². The zero-order valence-corrected chi connectivity index (χ0v) is 13.1. The van der Waals surface area contributed by atoms with E-state index in [2.05, 4.69) is 40.1 Å². The highest BCUT2D eigenvalue weighted by Gasteiger charge is 2.19. The molecule has 0 spiro atoms. The lowest BCUT2D eigenvalue weighted by atomic mass is 10.1. The topological polar surface area (TPSA) is 6.48 Å². The predicted molar refractivity (Wildman–Crippen MR) is 89.9 cm³/mol. The van der Waals surface area contributed by atoms with Crippen LogP contribution < -0.4 is 4.90 Å². The van der Waals surface area contributed by atoms with E-state index in [1.165, 1.54) is 5.56 Å². The van der Waals surface area contributed by atoms with Crippen LogP contribution in [0.15, 0.2) is 48.5 Å². The van der Waals surface area contributed by atoms with Gasteiger partial charge >= 0.3 is 0 Å². The zero-order chi connectivity index (χ0) is 15.4. The third kappa shape index (κ3) is 3.66. The molecule has 2 aromatic carbocycles. The molecule has 0 bridgehead atoms. The normalized spacial score (nSPS) is 16.0. The largest absolute Gasteiger partial charge is 0.367 e. The quantitative estimate of drug-likeness (QED) is 0.852. The van der Waals surface area contributed by atoms with E-state index in [1.54, 1.807) is 6.07 Å². The molecule has 0 radical (unpaired) electrons. The van der Waals surface area contributed by atoms with E-state index in [0.717, 1.165) is 50.4 Å². The van der Waals surface area contributed by atoms with Crippen LogP contribution in [-0.4, -0.2) is 37.6 Å². The van der Waals surface area contributed by atoms with Crippen molar-refractivity contribution < 1.29 is 4.39 Å². The monoisotopic (exact) mass is 298 g/mol. The molecule has 22 heavy (non-hydrogen) atoms. The minimum Gasteiger partial charge on any atom is -0.367 e. The molecule has 0 saturated carbocycles. The Balaban J connectivity index is 1.52. The molecule has 1 aliphatic rings. The van der Waals surface area contributed by atoms with Crippen LogP contribution in [0.3, 0.4) is 0 Å². The highest BCUT2D eigenvalue weighted by molar-refractivity contribution is 5.49. The highest BCUT2D eigenvalue weighted by atomic mass is 19.1. The summed E-state index contributed by atoms with van der Waals surface area (Å²) in [5, 5.41) is 0. The van der Waals surface area contributed by atoms with Crippen LogP contribution in [0, 0.1) is 12.7 Å². The average molecular weight is 298 g/mol. The number of nitrogens with zero attached hydrogens (tertiary/aromatic N) is 2. The molecule has 0 aromatic heterocycles. The van der Waals surface area contributed by atoms with E-state index < -0.39 is 0 Å². The number of aryl methyl sites for hydroxylation is 1. The lowest BCUT2D eigenvalue weighted by Crippen LogP contribution is -2.47. The van der Waals surface area contributed by atoms with Crippen LogP contribution in [-0.2, 0) is 6.42 Å². The molecular formula is C19H23FN2. The van der Waals surface area contributed by atoms with Gasteiger partial charge in [0.05, 0.1) is 5.69 Å². The second-order valence-corrected chi connectivity index (χ2v) is 6.02. The molecule has 2 nitrogen and oxygen atoms in total. The van der Waals surface area contributed by atoms with Crippen molar-refractivity contribution in [1.29, 1.82) is 0 Å². The van der Waals surface area contributed by atoms with E-state index in [9.17, 15) is 4.39 Å². The number of rotatable bonds is 4. The van der Waals surface area contributed by atoms with Crippen molar-refractivity contribution in [1.82, 2.24) is 4.90 Å². The second-order valence-electron chi connectivity index (χ2n) is 6.02.